The predicted molar refractivity (Wildman–Crippen MR) is 95.4 cm³/mol. The Morgan fingerprint density at radius 2 is 1.76 bits per heavy atom. The number of amides is 3. The van der Waals surface area contributed by atoms with Crippen LogP contribution >= 0.6 is 0 Å². The van der Waals surface area contributed by atoms with Crippen molar-refractivity contribution < 1.29 is 18.0 Å². The molecule has 25 heavy (non-hydrogen) atoms. The van der Waals surface area contributed by atoms with Crippen molar-refractivity contribution in [3.05, 3.63) is 29.8 Å². The van der Waals surface area contributed by atoms with E-state index in [0.29, 0.717) is 17.7 Å². The highest BCUT2D eigenvalue weighted by Gasteiger charge is 2.28. The van der Waals surface area contributed by atoms with Crippen LogP contribution in [0, 0.1) is 0 Å². The molecule has 1 aliphatic carbocycles. The second-order valence-electron chi connectivity index (χ2n) is 6.73. The maximum absolute atomic E-state index is 12.3. The van der Waals surface area contributed by atoms with Gasteiger partial charge in [0, 0.05) is 23.3 Å². The van der Waals surface area contributed by atoms with E-state index in [2.05, 4.69) is 16.0 Å². The lowest BCUT2D eigenvalue weighted by molar-refractivity contribution is 0.0938. The first-order valence-electron chi connectivity index (χ1n) is 8.60. The van der Waals surface area contributed by atoms with Gasteiger partial charge in [-0.1, -0.05) is 18.9 Å². The van der Waals surface area contributed by atoms with Crippen LogP contribution in [0.5, 0.6) is 0 Å². The Morgan fingerprint density at radius 3 is 2.44 bits per heavy atom. The molecule has 136 valence electrons. The van der Waals surface area contributed by atoms with Gasteiger partial charge in [-0.2, -0.15) is 0 Å². The second kappa shape index (κ2) is 7.43. The molecular weight excluding hydrogens is 342 g/mol. The van der Waals surface area contributed by atoms with Crippen LogP contribution < -0.4 is 16.0 Å². The van der Waals surface area contributed by atoms with Crippen molar-refractivity contribution in [3.8, 4) is 0 Å². The smallest absolute Gasteiger partial charge is 0.319 e. The molecule has 0 spiro atoms. The maximum Gasteiger partial charge on any atom is 0.319 e. The van der Waals surface area contributed by atoms with Gasteiger partial charge in [-0.25, -0.2) is 13.2 Å². The van der Waals surface area contributed by atoms with Crippen LogP contribution in [0.4, 0.5) is 10.5 Å². The maximum atomic E-state index is 12.3. The molecule has 8 heteroatoms. The summed E-state index contributed by atoms with van der Waals surface area (Å²) in [5, 5.41) is 8.33. The minimum atomic E-state index is -3.04. The van der Waals surface area contributed by atoms with Crippen molar-refractivity contribution in [3.63, 3.8) is 0 Å². The summed E-state index contributed by atoms with van der Waals surface area (Å²) in [7, 11) is -3.04. The molecule has 0 aromatic heterocycles. The Labute approximate surface area is 147 Å². The van der Waals surface area contributed by atoms with E-state index in [1.54, 1.807) is 24.3 Å². The molecular formula is C17H23N3O4S. The number of urea groups is 1. The first-order chi connectivity index (χ1) is 11.9. The van der Waals surface area contributed by atoms with E-state index in [4.69, 9.17) is 0 Å². The average molecular weight is 365 g/mol. The van der Waals surface area contributed by atoms with Gasteiger partial charge in [-0.3, -0.25) is 4.79 Å². The second-order valence-corrected chi connectivity index (χ2v) is 8.96. The first-order valence-corrected chi connectivity index (χ1v) is 10.4. The van der Waals surface area contributed by atoms with Gasteiger partial charge < -0.3 is 16.0 Å². The lowest BCUT2D eigenvalue weighted by Crippen LogP contribution is -2.38. The van der Waals surface area contributed by atoms with Crippen LogP contribution in [0.3, 0.4) is 0 Å². The summed E-state index contributed by atoms with van der Waals surface area (Å²) in [5.74, 6) is -0.0585. The molecule has 1 saturated heterocycles. The van der Waals surface area contributed by atoms with E-state index in [1.807, 2.05) is 0 Å². The molecule has 7 nitrogen and oxygen atoms in total. The summed E-state index contributed by atoms with van der Waals surface area (Å²) in [6, 6.07) is 6.13. The fourth-order valence-corrected chi connectivity index (χ4v) is 5.01. The van der Waals surface area contributed by atoms with Crippen LogP contribution in [0.2, 0.25) is 0 Å². The number of hydrogen-bond acceptors (Lipinski definition) is 4. The molecule has 2 aliphatic rings. The van der Waals surface area contributed by atoms with Crippen molar-refractivity contribution in [1.82, 2.24) is 10.6 Å². The molecule has 1 atom stereocenters. The zero-order valence-electron chi connectivity index (χ0n) is 14.0. The Morgan fingerprint density at radius 1 is 1.00 bits per heavy atom. The standard InChI is InChI=1S/C17H23N3O4S/c21-16(18-13-5-1-2-6-13)12-4-3-7-14(10-12)19-17(22)20-15-8-9-25(23,24)11-15/h3-4,7,10,13,15H,1-2,5-6,8-9,11H2,(H,18,21)(H2,19,20,22). The van der Waals surface area contributed by atoms with E-state index in [0.717, 1.165) is 25.7 Å². The summed E-state index contributed by atoms with van der Waals surface area (Å²) in [5.41, 5.74) is 0.991. The van der Waals surface area contributed by atoms with Crippen LogP contribution in [0.25, 0.3) is 0 Å². The minimum Gasteiger partial charge on any atom is -0.349 e. The molecule has 3 rings (SSSR count). The first kappa shape index (κ1) is 17.7. The Kier molecular flexibility index (Phi) is 5.27. The number of nitrogens with one attached hydrogen (secondary N) is 3. The molecule has 1 heterocycles. The zero-order chi connectivity index (χ0) is 17.9. The molecule has 1 aromatic carbocycles. The number of benzene rings is 1. The average Bonchev–Trinajstić information content (AvgIpc) is 3.17. The fourth-order valence-electron chi connectivity index (χ4n) is 3.34. The molecule has 1 saturated carbocycles. The summed E-state index contributed by atoms with van der Waals surface area (Å²) in [6.07, 6.45) is 4.74. The predicted octanol–water partition coefficient (Wildman–Crippen LogP) is 1.67. The quantitative estimate of drug-likeness (QED) is 0.755. The topological polar surface area (TPSA) is 104 Å². The Bertz CT molecular complexity index is 757. The van der Waals surface area contributed by atoms with Gasteiger partial charge >= 0.3 is 6.03 Å². The summed E-state index contributed by atoms with van der Waals surface area (Å²) < 4.78 is 22.9. The van der Waals surface area contributed by atoms with E-state index >= 15 is 0 Å². The number of anilines is 1. The van der Waals surface area contributed by atoms with Gasteiger partial charge in [0.15, 0.2) is 9.84 Å². The molecule has 1 unspecified atom stereocenters. The van der Waals surface area contributed by atoms with E-state index in [9.17, 15) is 18.0 Å². The highest BCUT2D eigenvalue weighted by atomic mass is 32.2. The van der Waals surface area contributed by atoms with E-state index in [1.165, 1.54) is 0 Å². The van der Waals surface area contributed by atoms with Gasteiger partial charge in [0.05, 0.1) is 11.5 Å². The number of hydrogen-bond donors (Lipinski definition) is 3. The zero-order valence-corrected chi connectivity index (χ0v) is 14.8. The number of carbonyl (C=O) groups is 2. The number of sulfone groups is 1. The fraction of sp³-hybridized carbons (Fsp3) is 0.529. The lowest BCUT2D eigenvalue weighted by atomic mass is 10.1. The third-order valence-electron chi connectivity index (χ3n) is 4.64. The highest BCUT2D eigenvalue weighted by molar-refractivity contribution is 7.91. The Hall–Kier alpha value is -2.09. The van der Waals surface area contributed by atoms with E-state index in [-0.39, 0.29) is 29.5 Å². The minimum absolute atomic E-state index is 0.0236. The monoisotopic (exact) mass is 365 g/mol. The molecule has 0 radical (unpaired) electrons. The summed E-state index contributed by atoms with van der Waals surface area (Å²) in [6.45, 7) is 0. The molecule has 1 aliphatic heterocycles. The van der Waals surface area contributed by atoms with Crippen molar-refractivity contribution in [2.24, 2.45) is 0 Å². The Balaban J connectivity index is 1.55. The third-order valence-corrected chi connectivity index (χ3v) is 6.41. The molecule has 1 aromatic rings. The lowest BCUT2D eigenvalue weighted by Gasteiger charge is -2.14. The SMILES string of the molecule is O=C(Nc1cccc(C(=O)NC2CCCC2)c1)NC1CCS(=O)(=O)C1. The molecule has 2 fully saturated rings. The van der Waals surface area contributed by atoms with E-state index < -0.39 is 15.9 Å². The third kappa shape index (κ3) is 4.94. The number of rotatable bonds is 4. The summed E-state index contributed by atoms with van der Waals surface area (Å²) in [4.78, 5) is 24.3. The van der Waals surface area contributed by atoms with Gasteiger partial charge in [-0.15, -0.1) is 0 Å². The van der Waals surface area contributed by atoms with Crippen molar-refractivity contribution >= 4 is 27.5 Å². The van der Waals surface area contributed by atoms with Crippen LogP contribution in [-0.4, -0.2) is 43.9 Å². The van der Waals surface area contributed by atoms with Crippen molar-refractivity contribution in [2.45, 2.75) is 44.2 Å². The highest BCUT2D eigenvalue weighted by Crippen LogP contribution is 2.19. The van der Waals surface area contributed by atoms with Gasteiger partial charge in [0.25, 0.3) is 5.91 Å². The molecule has 3 N–H and O–H groups in total. The normalized spacial score (nSPS) is 22.5. The summed E-state index contributed by atoms with van der Waals surface area (Å²) >= 11 is 0. The number of carbonyl (C=O) groups excluding carboxylic acids is 2. The van der Waals surface area contributed by atoms with Crippen molar-refractivity contribution in [2.75, 3.05) is 16.8 Å². The van der Waals surface area contributed by atoms with Crippen molar-refractivity contribution in [1.29, 1.82) is 0 Å². The van der Waals surface area contributed by atoms with Gasteiger partial charge in [0.2, 0.25) is 0 Å². The van der Waals surface area contributed by atoms with Crippen LogP contribution in [-0.2, 0) is 9.84 Å². The molecule has 0 bridgehead atoms. The van der Waals surface area contributed by atoms with Crippen LogP contribution in [0.15, 0.2) is 24.3 Å². The van der Waals surface area contributed by atoms with Crippen LogP contribution in [0.1, 0.15) is 42.5 Å². The van der Waals surface area contributed by atoms with Gasteiger partial charge in [-0.05, 0) is 37.5 Å². The van der Waals surface area contributed by atoms with Gasteiger partial charge in [0.1, 0.15) is 0 Å². The largest absolute Gasteiger partial charge is 0.349 e. The molecule has 3 amide bonds.